The van der Waals surface area contributed by atoms with Crippen molar-refractivity contribution in [2.24, 2.45) is 12.0 Å². The van der Waals surface area contributed by atoms with Crippen LogP contribution in [0, 0.1) is 11.6 Å². The van der Waals surface area contributed by atoms with Crippen LogP contribution >= 0.6 is 0 Å². The average Bonchev–Trinajstić information content (AvgIpc) is 3.01. The number of nitrogens with zero attached hydrogens (tertiary/aromatic N) is 7. The molecule has 0 amide bonds. The molecule has 1 atom stereocenters. The third kappa shape index (κ3) is 4.24. The number of aliphatic hydroxyl groups excluding tert-OH is 1. The lowest BCUT2D eigenvalue weighted by Gasteiger charge is -2.14. The molecule has 29 heavy (non-hydrogen) atoms. The summed E-state index contributed by atoms with van der Waals surface area (Å²) in [6.07, 6.45) is 0.0190. The van der Waals surface area contributed by atoms with Crippen molar-refractivity contribution in [3.63, 3.8) is 0 Å². The molecule has 0 unspecified atom stereocenters. The lowest BCUT2D eigenvalue weighted by Crippen LogP contribution is -2.23. The molecular weight excluding hydrogens is 390 g/mol. The maximum Gasteiger partial charge on any atom is 0.368 e. The Morgan fingerprint density at radius 3 is 2.72 bits per heavy atom. The Kier molecular flexibility index (Phi) is 5.59. The lowest BCUT2D eigenvalue weighted by atomic mass is 10.2. The highest BCUT2D eigenvalue weighted by molar-refractivity contribution is 5.63. The zero-order valence-electron chi connectivity index (χ0n) is 15.4. The van der Waals surface area contributed by atoms with E-state index in [4.69, 9.17) is 4.74 Å². The predicted octanol–water partition coefficient (Wildman–Crippen LogP) is 0.869. The molecule has 0 spiro atoms. The molecule has 0 aliphatic heterocycles. The van der Waals surface area contributed by atoms with E-state index in [0.717, 1.165) is 21.6 Å². The highest BCUT2D eigenvalue weighted by Crippen LogP contribution is 2.30. The van der Waals surface area contributed by atoms with Gasteiger partial charge in [0.2, 0.25) is 5.95 Å². The number of hydrogen-bond acceptors (Lipinski definition) is 9. The van der Waals surface area contributed by atoms with E-state index >= 15 is 0 Å². The van der Waals surface area contributed by atoms with Gasteiger partial charge in [-0.1, -0.05) is 0 Å². The molecule has 0 radical (unpaired) electrons. The zero-order valence-corrected chi connectivity index (χ0v) is 15.4. The Labute approximate surface area is 162 Å². The molecule has 3 aromatic rings. The first-order valence-electron chi connectivity index (χ1n) is 8.20. The summed E-state index contributed by atoms with van der Waals surface area (Å²) >= 11 is 0. The Morgan fingerprint density at radius 1 is 1.34 bits per heavy atom. The Bertz CT molecular complexity index is 1110. The van der Waals surface area contributed by atoms with E-state index in [1.54, 1.807) is 0 Å². The number of anilines is 2. The highest BCUT2D eigenvalue weighted by Gasteiger charge is 2.18. The van der Waals surface area contributed by atoms with Crippen LogP contribution in [-0.4, -0.2) is 54.3 Å². The number of rotatable bonds is 7. The average molecular weight is 406 g/mol. The summed E-state index contributed by atoms with van der Waals surface area (Å²) in [6, 6.07) is 2.22. The summed E-state index contributed by atoms with van der Waals surface area (Å²) in [6.45, 7) is 4.53. The van der Waals surface area contributed by atoms with Crippen LogP contribution in [0.2, 0.25) is 0 Å². The molecule has 2 heterocycles. The van der Waals surface area contributed by atoms with Gasteiger partial charge in [0.1, 0.15) is 18.0 Å². The standard InChI is InChI=1S/C16H16F2N8O3/c1-8(27)7-29-13-4-9(17)11(5-12(13)26-16(28)25(3)23-24-26)21-15-20-6-10(18)14(19-2)22-15/h4-6,8,27H,2,7H2,1,3H3,(H,20,21,22)/t8-/m0/s1. The second-order valence-corrected chi connectivity index (χ2v) is 5.90. The number of benzene rings is 1. The Balaban J connectivity index is 2.06. The fraction of sp³-hybridized carbons (Fsp3) is 0.250. The van der Waals surface area contributed by atoms with Crippen LogP contribution in [0.5, 0.6) is 5.75 Å². The van der Waals surface area contributed by atoms with E-state index in [1.807, 2.05) is 0 Å². The molecule has 0 saturated heterocycles. The summed E-state index contributed by atoms with van der Waals surface area (Å²) in [5.41, 5.74) is -0.707. The maximum absolute atomic E-state index is 14.6. The lowest BCUT2D eigenvalue weighted by molar-refractivity contribution is 0.122. The minimum absolute atomic E-state index is 0.0509. The fourth-order valence-electron chi connectivity index (χ4n) is 2.25. The molecule has 152 valence electrons. The summed E-state index contributed by atoms with van der Waals surface area (Å²) in [5.74, 6) is -2.09. The first kappa shape index (κ1) is 20.0. The van der Waals surface area contributed by atoms with E-state index in [0.29, 0.717) is 0 Å². The van der Waals surface area contributed by atoms with Gasteiger partial charge in [-0.05, 0) is 30.1 Å². The SMILES string of the molecule is C=Nc1nc(Nc2cc(-n3nnn(C)c3=O)c(OC[C@H](C)O)cc2F)ncc1F. The van der Waals surface area contributed by atoms with E-state index in [1.165, 1.54) is 20.0 Å². The second-order valence-electron chi connectivity index (χ2n) is 5.90. The van der Waals surface area contributed by atoms with Crippen molar-refractivity contribution in [1.82, 2.24) is 29.8 Å². The van der Waals surface area contributed by atoms with Crippen molar-refractivity contribution in [3.8, 4) is 11.4 Å². The topological polar surface area (TPSA) is 132 Å². The van der Waals surface area contributed by atoms with Gasteiger partial charge in [0.15, 0.2) is 17.5 Å². The predicted molar refractivity (Wildman–Crippen MR) is 98.2 cm³/mol. The molecule has 0 bridgehead atoms. The smallest absolute Gasteiger partial charge is 0.368 e. The van der Waals surface area contributed by atoms with E-state index in [9.17, 15) is 18.7 Å². The van der Waals surface area contributed by atoms with Crippen molar-refractivity contribution >= 4 is 24.2 Å². The van der Waals surface area contributed by atoms with Crippen molar-refractivity contribution in [1.29, 1.82) is 0 Å². The third-order valence-corrected chi connectivity index (χ3v) is 3.60. The zero-order chi connectivity index (χ0) is 21.1. The van der Waals surface area contributed by atoms with E-state index < -0.39 is 23.4 Å². The minimum Gasteiger partial charge on any atom is -0.489 e. The van der Waals surface area contributed by atoms with Gasteiger partial charge in [0.25, 0.3) is 0 Å². The minimum atomic E-state index is -0.834. The normalized spacial score (nSPS) is 11.9. The van der Waals surface area contributed by atoms with E-state index in [2.05, 4.69) is 37.4 Å². The molecule has 0 aliphatic rings. The van der Waals surface area contributed by atoms with Crippen LogP contribution in [0.1, 0.15) is 6.92 Å². The molecule has 0 saturated carbocycles. The summed E-state index contributed by atoms with van der Waals surface area (Å²) in [5, 5.41) is 19.3. The molecule has 1 aromatic carbocycles. The largest absolute Gasteiger partial charge is 0.489 e. The van der Waals surface area contributed by atoms with Crippen molar-refractivity contribution in [3.05, 3.63) is 40.4 Å². The third-order valence-electron chi connectivity index (χ3n) is 3.60. The number of halogens is 2. The van der Waals surface area contributed by atoms with Crippen LogP contribution < -0.4 is 15.7 Å². The molecule has 0 fully saturated rings. The van der Waals surface area contributed by atoms with Gasteiger partial charge >= 0.3 is 5.69 Å². The van der Waals surface area contributed by atoms with Gasteiger partial charge in [-0.2, -0.15) is 14.3 Å². The van der Waals surface area contributed by atoms with Crippen LogP contribution in [0.25, 0.3) is 5.69 Å². The molecule has 11 nitrogen and oxygen atoms in total. The van der Waals surface area contributed by atoms with Crippen molar-refractivity contribution in [2.75, 3.05) is 11.9 Å². The number of aliphatic imine (C=N–C) groups is 1. The van der Waals surface area contributed by atoms with Crippen molar-refractivity contribution in [2.45, 2.75) is 13.0 Å². The first-order chi connectivity index (χ1) is 13.8. The second kappa shape index (κ2) is 8.10. The van der Waals surface area contributed by atoms with E-state index in [-0.39, 0.29) is 35.5 Å². The molecule has 3 rings (SSSR count). The number of nitrogens with one attached hydrogen (secondary N) is 1. The maximum atomic E-state index is 14.6. The van der Waals surface area contributed by atoms with Crippen LogP contribution in [0.4, 0.5) is 26.2 Å². The molecule has 2 aromatic heterocycles. The van der Waals surface area contributed by atoms with Gasteiger partial charge < -0.3 is 15.2 Å². The number of ether oxygens (including phenoxy) is 1. The summed E-state index contributed by atoms with van der Waals surface area (Å²) in [4.78, 5) is 23.1. The fourth-order valence-corrected chi connectivity index (χ4v) is 2.25. The molecule has 13 heteroatoms. The summed E-state index contributed by atoms with van der Waals surface area (Å²) < 4.78 is 35.4. The van der Waals surface area contributed by atoms with Crippen molar-refractivity contribution < 1.29 is 18.6 Å². The number of hydrogen-bond donors (Lipinski definition) is 2. The van der Waals surface area contributed by atoms with Gasteiger partial charge in [0.05, 0.1) is 18.0 Å². The molecule has 2 N–H and O–H groups in total. The monoisotopic (exact) mass is 406 g/mol. The van der Waals surface area contributed by atoms with Gasteiger partial charge in [-0.15, -0.1) is 0 Å². The number of tetrazole rings is 1. The van der Waals surface area contributed by atoms with Crippen LogP contribution in [0.3, 0.4) is 0 Å². The van der Waals surface area contributed by atoms with Crippen LogP contribution in [0.15, 0.2) is 28.1 Å². The van der Waals surface area contributed by atoms with Gasteiger partial charge in [-0.25, -0.2) is 23.6 Å². The van der Waals surface area contributed by atoms with Crippen LogP contribution in [-0.2, 0) is 7.05 Å². The molecule has 0 aliphatic carbocycles. The Hall–Kier alpha value is -3.74. The Morgan fingerprint density at radius 2 is 2.10 bits per heavy atom. The number of aliphatic hydroxyl groups is 1. The highest BCUT2D eigenvalue weighted by atomic mass is 19.1. The van der Waals surface area contributed by atoms with Gasteiger partial charge in [0, 0.05) is 13.1 Å². The number of aryl methyl sites for hydroxylation is 1. The first-order valence-corrected chi connectivity index (χ1v) is 8.20. The van der Waals surface area contributed by atoms with Gasteiger partial charge in [-0.3, -0.25) is 0 Å². The summed E-state index contributed by atoms with van der Waals surface area (Å²) in [7, 11) is 1.39. The molecular formula is C16H16F2N8O3. The number of aromatic nitrogens is 6. The quantitative estimate of drug-likeness (QED) is 0.553.